The van der Waals surface area contributed by atoms with Gasteiger partial charge in [0.15, 0.2) is 0 Å². The minimum absolute atomic E-state index is 0.609. The third-order valence-electron chi connectivity index (χ3n) is 6.64. The molecule has 0 bridgehead atoms. The molecule has 0 saturated heterocycles. The second-order valence-electron chi connectivity index (χ2n) is 9.48. The van der Waals surface area contributed by atoms with E-state index < -0.39 is 0 Å². The molecule has 4 aromatic carbocycles. The van der Waals surface area contributed by atoms with E-state index in [9.17, 15) is 0 Å². The van der Waals surface area contributed by atoms with E-state index in [1.165, 1.54) is 0 Å². The summed E-state index contributed by atoms with van der Waals surface area (Å²) in [6, 6.07) is 44.9. The number of rotatable bonds is 9. The van der Waals surface area contributed by atoms with E-state index in [4.69, 9.17) is 10.2 Å². The Morgan fingerprint density at radius 1 is 0.475 bits per heavy atom. The van der Waals surface area contributed by atoms with Crippen LogP contribution in [0.5, 0.6) is 0 Å². The topological polar surface area (TPSA) is 82.1 Å². The third-order valence-corrected chi connectivity index (χ3v) is 6.64. The van der Waals surface area contributed by atoms with Crippen LogP contribution in [-0.4, -0.2) is 31.8 Å². The largest absolute Gasteiger partial charge is 0.276 e. The first kappa shape index (κ1) is 24.9. The molecule has 0 aliphatic carbocycles. The second-order valence-corrected chi connectivity index (χ2v) is 9.48. The van der Waals surface area contributed by atoms with Crippen LogP contribution in [-0.2, 0) is 12.8 Å². The molecule has 0 unspecified atom stereocenters. The molecule has 194 valence electrons. The normalized spacial score (nSPS) is 12.0. The molecule has 0 atom stereocenters. The van der Waals surface area contributed by atoms with E-state index in [1.807, 2.05) is 109 Å². The molecule has 0 aliphatic heterocycles. The number of aromatic amines is 2. The fourth-order valence-electron chi connectivity index (χ4n) is 4.52. The van der Waals surface area contributed by atoms with Gasteiger partial charge in [-0.3, -0.25) is 10.2 Å². The lowest BCUT2D eigenvalue weighted by Crippen LogP contribution is -2.09. The molecule has 40 heavy (non-hydrogen) atoms. The average Bonchev–Trinajstić information content (AvgIpc) is 3.72. The molecule has 0 spiro atoms. The van der Waals surface area contributed by atoms with Gasteiger partial charge in [-0.2, -0.15) is 20.4 Å². The van der Waals surface area contributed by atoms with Crippen LogP contribution in [0, 0.1) is 0 Å². The number of nitrogens with one attached hydrogen (secondary N) is 2. The van der Waals surface area contributed by atoms with E-state index in [0.29, 0.717) is 12.8 Å². The standard InChI is InChI=1S/C34H28N6/c1-5-13-25(14-6-1)21-31(33-23-29(35-39-33)27-17-9-3-10-18-27)37-38-32(22-26-15-7-2-8-16-26)34-24-30(36-40-34)28-19-11-4-12-20-28/h1-20,23-24H,21-22H2,(H,35,39)(H,36,40)/b37-31+,38-32+. The summed E-state index contributed by atoms with van der Waals surface area (Å²) < 4.78 is 0. The molecule has 0 amide bonds. The van der Waals surface area contributed by atoms with Crippen LogP contribution in [0.4, 0.5) is 0 Å². The highest BCUT2D eigenvalue weighted by molar-refractivity contribution is 6.04. The van der Waals surface area contributed by atoms with Crippen LogP contribution in [0.1, 0.15) is 22.5 Å². The molecule has 6 nitrogen and oxygen atoms in total. The molecule has 0 saturated carbocycles. The van der Waals surface area contributed by atoms with Gasteiger partial charge < -0.3 is 0 Å². The zero-order valence-electron chi connectivity index (χ0n) is 21.9. The molecule has 2 N–H and O–H groups in total. The van der Waals surface area contributed by atoms with Gasteiger partial charge >= 0.3 is 0 Å². The van der Waals surface area contributed by atoms with Gasteiger partial charge in [0, 0.05) is 24.0 Å². The smallest absolute Gasteiger partial charge is 0.0927 e. The van der Waals surface area contributed by atoms with Crippen LogP contribution in [0.2, 0.25) is 0 Å². The van der Waals surface area contributed by atoms with Crippen LogP contribution < -0.4 is 0 Å². The van der Waals surface area contributed by atoms with Gasteiger partial charge in [-0.15, -0.1) is 0 Å². The summed E-state index contributed by atoms with van der Waals surface area (Å²) >= 11 is 0. The molecule has 0 fully saturated rings. The van der Waals surface area contributed by atoms with Gasteiger partial charge in [0.05, 0.1) is 34.2 Å². The summed E-state index contributed by atoms with van der Waals surface area (Å²) in [7, 11) is 0. The van der Waals surface area contributed by atoms with Crippen molar-refractivity contribution in [3.8, 4) is 22.5 Å². The Morgan fingerprint density at radius 3 is 1.20 bits per heavy atom. The number of nitrogens with zero attached hydrogens (tertiary/aromatic N) is 4. The number of aromatic nitrogens is 4. The van der Waals surface area contributed by atoms with Crippen molar-refractivity contribution >= 4 is 11.4 Å². The van der Waals surface area contributed by atoms with Crippen molar-refractivity contribution in [2.45, 2.75) is 12.8 Å². The van der Waals surface area contributed by atoms with Crippen molar-refractivity contribution in [1.29, 1.82) is 0 Å². The van der Waals surface area contributed by atoms with Crippen LogP contribution >= 0.6 is 0 Å². The van der Waals surface area contributed by atoms with E-state index in [2.05, 4.69) is 44.7 Å². The zero-order chi connectivity index (χ0) is 27.0. The van der Waals surface area contributed by atoms with Gasteiger partial charge in [0.2, 0.25) is 0 Å². The molecule has 6 rings (SSSR count). The fourth-order valence-corrected chi connectivity index (χ4v) is 4.52. The SMILES string of the molecule is c1ccc(C/C(=N\N=C(/Cc2ccccc2)c2cc(-c3ccccc3)n[nH]2)c2cc(-c3ccccc3)n[nH]2)cc1. The van der Waals surface area contributed by atoms with Crippen molar-refractivity contribution in [2.24, 2.45) is 10.2 Å². The molecule has 6 heteroatoms. The van der Waals surface area contributed by atoms with Crippen LogP contribution in [0.15, 0.2) is 144 Å². The quantitative estimate of drug-likeness (QED) is 0.157. The number of hydrogen-bond donors (Lipinski definition) is 2. The highest BCUT2D eigenvalue weighted by Gasteiger charge is 2.14. The summed E-state index contributed by atoms with van der Waals surface area (Å²) in [5.74, 6) is 0. The fraction of sp³-hybridized carbons (Fsp3) is 0.0588. The highest BCUT2D eigenvalue weighted by Crippen LogP contribution is 2.20. The van der Waals surface area contributed by atoms with Crippen molar-refractivity contribution in [3.05, 3.63) is 156 Å². The predicted octanol–water partition coefficient (Wildman–Crippen LogP) is 7.15. The Hall–Kier alpha value is -5.36. The van der Waals surface area contributed by atoms with Gasteiger partial charge in [0.25, 0.3) is 0 Å². The van der Waals surface area contributed by atoms with E-state index in [0.717, 1.165) is 56.5 Å². The molecular formula is C34H28N6. The maximum atomic E-state index is 4.84. The van der Waals surface area contributed by atoms with E-state index >= 15 is 0 Å². The minimum Gasteiger partial charge on any atom is -0.276 e. The van der Waals surface area contributed by atoms with Gasteiger partial charge in [0.1, 0.15) is 0 Å². The van der Waals surface area contributed by atoms with Gasteiger partial charge in [-0.1, -0.05) is 121 Å². The maximum absolute atomic E-state index is 4.84. The lowest BCUT2D eigenvalue weighted by atomic mass is 10.0. The van der Waals surface area contributed by atoms with Gasteiger partial charge in [-0.05, 0) is 23.3 Å². The molecule has 6 aromatic rings. The Bertz CT molecular complexity index is 1590. The van der Waals surface area contributed by atoms with Crippen molar-refractivity contribution in [2.75, 3.05) is 0 Å². The first-order chi connectivity index (χ1) is 19.8. The molecule has 2 aromatic heterocycles. The lowest BCUT2D eigenvalue weighted by molar-refractivity contribution is 1.05. The molecule has 0 aliphatic rings. The molecule has 0 radical (unpaired) electrons. The predicted molar refractivity (Wildman–Crippen MR) is 161 cm³/mol. The first-order valence-corrected chi connectivity index (χ1v) is 13.3. The van der Waals surface area contributed by atoms with Crippen LogP contribution in [0.25, 0.3) is 22.5 Å². The summed E-state index contributed by atoms with van der Waals surface area (Å²) in [5, 5.41) is 25.2. The summed E-state index contributed by atoms with van der Waals surface area (Å²) in [4.78, 5) is 0. The first-order valence-electron chi connectivity index (χ1n) is 13.3. The monoisotopic (exact) mass is 520 g/mol. The summed E-state index contributed by atoms with van der Waals surface area (Å²) in [6.07, 6.45) is 1.22. The maximum Gasteiger partial charge on any atom is 0.0927 e. The lowest BCUT2D eigenvalue weighted by Gasteiger charge is -2.06. The Morgan fingerprint density at radius 2 is 0.825 bits per heavy atom. The summed E-state index contributed by atoms with van der Waals surface area (Å²) in [6.45, 7) is 0. The summed E-state index contributed by atoms with van der Waals surface area (Å²) in [5.41, 5.74) is 9.38. The number of hydrogen-bond acceptors (Lipinski definition) is 4. The second kappa shape index (κ2) is 12.0. The molecular weight excluding hydrogens is 492 g/mol. The number of benzene rings is 4. The molecule has 2 heterocycles. The average molecular weight is 521 g/mol. The van der Waals surface area contributed by atoms with Gasteiger partial charge in [-0.25, -0.2) is 0 Å². The Balaban J connectivity index is 1.40. The van der Waals surface area contributed by atoms with Crippen molar-refractivity contribution < 1.29 is 0 Å². The minimum atomic E-state index is 0.609. The third kappa shape index (κ3) is 6.03. The zero-order valence-corrected chi connectivity index (χ0v) is 21.9. The number of H-pyrrole nitrogens is 2. The van der Waals surface area contributed by atoms with E-state index in [1.54, 1.807) is 0 Å². The van der Waals surface area contributed by atoms with Crippen LogP contribution in [0.3, 0.4) is 0 Å². The van der Waals surface area contributed by atoms with E-state index in [-0.39, 0.29) is 0 Å². The Kier molecular flexibility index (Phi) is 7.49. The van der Waals surface area contributed by atoms with Crippen molar-refractivity contribution in [3.63, 3.8) is 0 Å². The highest BCUT2D eigenvalue weighted by atomic mass is 15.2. The van der Waals surface area contributed by atoms with Crippen molar-refractivity contribution in [1.82, 2.24) is 20.4 Å². The Labute approximate surface area is 233 Å².